The summed E-state index contributed by atoms with van der Waals surface area (Å²) < 4.78 is 0. The van der Waals surface area contributed by atoms with Crippen molar-refractivity contribution in [2.45, 2.75) is 19.9 Å². The number of benzene rings is 2. The van der Waals surface area contributed by atoms with Crippen molar-refractivity contribution < 1.29 is 19.5 Å². The van der Waals surface area contributed by atoms with Gasteiger partial charge in [-0.1, -0.05) is 38.1 Å². The summed E-state index contributed by atoms with van der Waals surface area (Å²) >= 11 is 0. The molecule has 1 N–H and O–H groups in total. The summed E-state index contributed by atoms with van der Waals surface area (Å²) in [5.41, 5.74) is 0.749. The summed E-state index contributed by atoms with van der Waals surface area (Å²) in [6, 6.07) is 9.21. The van der Waals surface area contributed by atoms with Crippen LogP contribution < -0.4 is 0 Å². The van der Waals surface area contributed by atoms with Crippen molar-refractivity contribution in [3.8, 4) is 0 Å². The maximum Gasteiger partial charge on any atom is 0.327 e. The molecule has 2 amide bonds. The number of carboxylic acid groups (broad SMARTS) is 1. The first-order valence-corrected chi connectivity index (χ1v) is 7.06. The van der Waals surface area contributed by atoms with E-state index in [2.05, 4.69) is 0 Å². The number of imide groups is 1. The van der Waals surface area contributed by atoms with Gasteiger partial charge in [-0.05, 0) is 23.4 Å². The smallest absolute Gasteiger partial charge is 0.327 e. The second-order valence-electron chi connectivity index (χ2n) is 5.72. The molecule has 0 bridgehead atoms. The van der Waals surface area contributed by atoms with E-state index >= 15 is 0 Å². The van der Waals surface area contributed by atoms with Crippen LogP contribution in [0.1, 0.15) is 34.6 Å². The topological polar surface area (TPSA) is 74.7 Å². The molecular weight excluding hydrogens is 282 g/mol. The summed E-state index contributed by atoms with van der Waals surface area (Å²) in [7, 11) is 0. The lowest BCUT2D eigenvalue weighted by Gasteiger charge is -2.33. The number of nitrogens with zero attached hydrogens (tertiary/aromatic N) is 1. The molecule has 112 valence electrons. The molecule has 2 aromatic carbocycles. The normalized spacial score (nSPS) is 15.5. The van der Waals surface area contributed by atoms with E-state index in [-0.39, 0.29) is 5.92 Å². The van der Waals surface area contributed by atoms with Crippen molar-refractivity contribution >= 4 is 28.6 Å². The van der Waals surface area contributed by atoms with Crippen LogP contribution in [0.2, 0.25) is 0 Å². The zero-order chi connectivity index (χ0) is 16.0. The number of amides is 2. The molecule has 0 radical (unpaired) electrons. The number of aliphatic carboxylic acids is 1. The first-order chi connectivity index (χ1) is 10.4. The molecule has 1 unspecified atom stereocenters. The maximum atomic E-state index is 12.7. The van der Waals surface area contributed by atoms with Gasteiger partial charge < -0.3 is 5.11 Å². The fourth-order valence-electron chi connectivity index (χ4n) is 3.00. The Morgan fingerprint density at radius 2 is 1.50 bits per heavy atom. The first kappa shape index (κ1) is 14.3. The lowest BCUT2D eigenvalue weighted by atomic mass is 9.91. The maximum absolute atomic E-state index is 12.7. The molecule has 22 heavy (non-hydrogen) atoms. The first-order valence-electron chi connectivity index (χ1n) is 7.06. The second kappa shape index (κ2) is 4.94. The van der Waals surface area contributed by atoms with Crippen LogP contribution in [0.15, 0.2) is 36.4 Å². The van der Waals surface area contributed by atoms with Gasteiger partial charge in [-0.15, -0.1) is 0 Å². The molecule has 0 aromatic heterocycles. The van der Waals surface area contributed by atoms with Crippen molar-refractivity contribution in [1.82, 2.24) is 4.90 Å². The Labute approximate surface area is 127 Å². The standard InChI is InChI=1S/C17H15NO4/c1-9(2)14(17(21)22)18-15(19)11-7-3-5-10-6-4-8-12(13(10)11)16(18)20/h3-9,14H,1-2H3,(H,21,22). The van der Waals surface area contributed by atoms with E-state index in [1.807, 2.05) is 12.1 Å². The van der Waals surface area contributed by atoms with Gasteiger partial charge in [-0.3, -0.25) is 14.5 Å². The molecule has 5 heteroatoms. The van der Waals surface area contributed by atoms with Crippen molar-refractivity contribution in [2.24, 2.45) is 5.92 Å². The van der Waals surface area contributed by atoms with Gasteiger partial charge in [0.15, 0.2) is 0 Å². The molecule has 1 aliphatic heterocycles. The van der Waals surface area contributed by atoms with Gasteiger partial charge in [-0.2, -0.15) is 0 Å². The highest BCUT2D eigenvalue weighted by Gasteiger charge is 2.41. The van der Waals surface area contributed by atoms with Crippen LogP contribution in [0.25, 0.3) is 10.8 Å². The molecule has 0 fully saturated rings. The molecule has 0 spiro atoms. The molecule has 0 saturated heterocycles. The van der Waals surface area contributed by atoms with Crippen LogP contribution in [-0.4, -0.2) is 33.8 Å². The number of hydrogen-bond donors (Lipinski definition) is 1. The predicted molar refractivity (Wildman–Crippen MR) is 80.7 cm³/mol. The Bertz CT molecular complexity index is 759. The van der Waals surface area contributed by atoms with E-state index in [0.29, 0.717) is 16.5 Å². The van der Waals surface area contributed by atoms with Crippen molar-refractivity contribution in [2.75, 3.05) is 0 Å². The van der Waals surface area contributed by atoms with Crippen LogP contribution in [-0.2, 0) is 4.79 Å². The largest absolute Gasteiger partial charge is 0.480 e. The highest BCUT2D eigenvalue weighted by atomic mass is 16.4. The lowest BCUT2D eigenvalue weighted by Crippen LogP contribution is -2.52. The van der Waals surface area contributed by atoms with Crippen molar-refractivity contribution in [3.05, 3.63) is 47.5 Å². The third-order valence-corrected chi connectivity index (χ3v) is 3.97. The van der Waals surface area contributed by atoms with Crippen LogP contribution in [0, 0.1) is 5.92 Å². The summed E-state index contributed by atoms with van der Waals surface area (Å²) in [4.78, 5) is 37.8. The monoisotopic (exact) mass is 297 g/mol. The van der Waals surface area contributed by atoms with Crippen molar-refractivity contribution in [3.63, 3.8) is 0 Å². The number of rotatable bonds is 3. The summed E-state index contributed by atoms with van der Waals surface area (Å²) in [5, 5.41) is 10.8. The SMILES string of the molecule is CC(C)C(C(=O)O)N1C(=O)c2cccc3cccc(c23)C1=O. The zero-order valence-corrected chi connectivity index (χ0v) is 12.2. The number of carboxylic acids is 1. The Morgan fingerprint density at radius 1 is 1.00 bits per heavy atom. The van der Waals surface area contributed by atoms with Gasteiger partial charge in [0, 0.05) is 16.5 Å². The Hall–Kier alpha value is -2.69. The number of carbonyl (C=O) groups excluding carboxylic acids is 2. The highest BCUT2D eigenvalue weighted by molar-refractivity contribution is 6.26. The van der Waals surface area contributed by atoms with Crippen LogP contribution >= 0.6 is 0 Å². The zero-order valence-electron chi connectivity index (χ0n) is 12.2. The molecule has 0 saturated carbocycles. The third-order valence-electron chi connectivity index (χ3n) is 3.97. The van der Waals surface area contributed by atoms with E-state index in [0.717, 1.165) is 10.3 Å². The molecule has 0 aliphatic carbocycles. The highest BCUT2D eigenvalue weighted by Crippen LogP contribution is 2.32. The van der Waals surface area contributed by atoms with Gasteiger partial charge in [0.2, 0.25) is 0 Å². The predicted octanol–water partition coefficient (Wildman–Crippen LogP) is 2.55. The molecule has 1 aliphatic rings. The van der Waals surface area contributed by atoms with Gasteiger partial charge in [0.05, 0.1) is 0 Å². The van der Waals surface area contributed by atoms with Crippen molar-refractivity contribution in [1.29, 1.82) is 0 Å². The molecular formula is C17H15NO4. The Balaban J connectivity index is 2.26. The number of carbonyl (C=O) groups is 3. The third kappa shape index (κ3) is 1.89. The van der Waals surface area contributed by atoms with E-state index in [9.17, 15) is 19.5 Å². The molecule has 1 heterocycles. The minimum atomic E-state index is -1.18. The Morgan fingerprint density at radius 3 is 1.91 bits per heavy atom. The van der Waals surface area contributed by atoms with Crippen LogP contribution in [0.4, 0.5) is 0 Å². The van der Waals surface area contributed by atoms with Crippen LogP contribution in [0.3, 0.4) is 0 Å². The minimum absolute atomic E-state index is 0.375. The molecule has 5 nitrogen and oxygen atoms in total. The van der Waals surface area contributed by atoms with Gasteiger partial charge in [0.1, 0.15) is 6.04 Å². The number of hydrogen-bond acceptors (Lipinski definition) is 3. The van der Waals surface area contributed by atoms with Gasteiger partial charge in [0.25, 0.3) is 11.8 Å². The van der Waals surface area contributed by atoms with Gasteiger partial charge >= 0.3 is 5.97 Å². The summed E-state index contributed by atoms with van der Waals surface area (Å²) in [6.45, 7) is 3.36. The average Bonchev–Trinajstić information content (AvgIpc) is 2.48. The Kier molecular flexibility index (Phi) is 3.20. The van der Waals surface area contributed by atoms with E-state index in [1.54, 1.807) is 38.1 Å². The molecule has 2 aromatic rings. The van der Waals surface area contributed by atoms with E-state index in [1.165, 1.54) is 0 Å². The fourth-order valence-corrected chi connectivity index (χ4v) is 3.00. The van der Waals surface area contributed by atoms with Crippen LogP contribution in [0.5, 0.6) is 0 Å². The van der Waals surface area contributed by atoms with Gasteiger partial charge in [-0.25, -0.2) is 4.79 Å². The molecule has 1 atom stereocenters. The molecule has 3 rings (SSSR count). The summed E-state index contributed by atoms with van der Waals surface area (Å²) in [6.07, 6.45) is 0. The fraction of sp³-hybridized carbons (Fsp3) is 0.235. The minimum Gasteiger partial charge on any atom is -0.480 e. The second-order valence-corrected chi connectivity index (χ2v) is 5.72. The van der Waals surface area contributed by atoms with E-state index < -0.39 is 23.8 Å². The quantitative estimate of drug-likeness (QED) is 0.883. The lowest BCUT2D eigenvalue weighted by molar-refractivity contribution is -0.143. The van der Waals surface area contributed by atoms with E-state index in [4.69, 9.17) is 0 Å². The summed E-state index contributed by atoms with van der Waals surface area (Å²) in [5.74, 6) is -2.65. The average molecular weight is 297 g/mol.